The number of ether oxygens (including phenoxy) is 1. The Bertz CT molecular complexity index is 659. The lowest BCUT2D eigenvalue weighted by atomic mass is 10.1. The van der Waals surface area contributed by atoms with Crippen molar-refractivity contribution in [2.75, 3.05) is 5.73 Å². The van der Waals surface area contributed by atoms with Gasteiger partial charge < -0.3 is 10.5 Å². The fraction of sp³-hybridized carbons (Fsp3) is 0.250. The first-order valence-electron chi connectivity index (χ1n) is 6.54. The van der Waals surface area contributed by atoms with Gasteiger partial charge in [-0.15, -0.1) is 0 Å². The molecule has 0 spiro atoms. The first-order chi connectivity index (χ1) is 9.54. The molecule has 2 nitrogen and oxygen atoms in total. The summed E-state index contributed by atoms with van der Waals surface area (Å²) in [7, 11) is 0. The van der Waals surface area contributed by atoms with Gasteiger partial charge in [0.2, 0.25) is 0 Å². The van der Waals surface area contributed by atoms with Crippen LogP contribution in [0, 0.1) is 5.92 Å². The van der Waals surface area contributed by atoms with Gasteiger partial charge in [0, 0.05) is 16.1 Å². The van der Waals surface area contributed by atoms with Crippen LogP contribution < -0.4 is 10.5 Å². The van der Waals surface area contributed by atoms with E-state index in [0.29, 0.717) is 22.4 Å². The highest BCUT2D eigenvalue weighted by Gasteiger charge is 2.31. The normalized spacial score (nSPS) is 20.8. The van der Waals surface area contributed by atoms with E-state index in [1.165, 1.54) is 11.1 Å². The van der Waals surface area contributed by atoms with E-state index in [1.807, 2.05) is 12.1 Å². The second-order valence-electron chi connectivity index (χ2n) is 5.25. The molecule has 0 saturated heterocycles. The number of fused-ring (bicyclic) bond motifs is 1. The Kier molecular flexibility index (Phi) is 3.65. The molecule has 0 aliphatic heterocycles. The van der Waals surface area contributed by atoms with Crippen molar-refractivity contribution in [2.45, 2.75) is 19.4 Å². The average Bonchev–Trinajstić information content (AvgIpc) is 2.68. The van der Waals surface area contributed by atoms with Gasteiger partial charge in [-0.1, -0.05) is 40.5 Å². The molecular formula is C16H15BrClNO. The molecule has 3 rings (SSSR count). The van der Waals surface area contributed by atoms with Crippen LogP contribution in [0.5, 0.6) is 5.75 Å². The lowest BCUT2D eigenvalue weighted by Crippen LogP contribution is -2.11. The monoisotopic (exact) mass is 351 g/mol. The largest absolute Gasteiger partial charge is 0.484 e. The number of halogens is 2. The van der Waals surface area contributed by atoms with Crippen LogP contribution in [0.3, 0.4) is 0 Å². The molecule has 2 atom stereocenters. The highest BCUT2D eigenvalue weighted by Crippen LogP contribution is 2.41. The van der Waals surface area contributed by atoms with E-state index in [-0.39, 0.29) is 6.10 Å². The molecule has 0 bridgehead atoms. The molecule has 0 unspecified atom stereocenters. The molecular weight excluding hydrogens is 338 g/mol. The highest BCUT2D eigenvalue weighted by molar-refractivity contribution is 9.10. The van der Waals surface area contributed by atoms with E-state index in [9.17, 15) is 0 Å². The van der Waals surface area contributed by atoms with Crippen LogP contribution in [-0.4, -0.2) is 0 Å². The summed E-state index contributed by atoms with van der Waals surface area (Å²) in [6, 6.07) is 11.7. The second-order valence-corrected chi connectivity index (χ2v) is 6.58. The van der Waals surface area contributed by atoms with Gasteiger partial charge >= 0.3 is 0 Å². The van der Waals surface area contributed by atoms with Crippen molar-refractivity contribution in [1.82, 2.24) is 0 Å². The molecule has 0 heterocycles. The predicted octanol–water partition coefficient (Wildman–Crippen LogP) is 5.00. The molecule has 2 aromatic carbocycles. The Balaban J connectivity index is 1.92. The minimum atomic E-state index is 0.0409. The molecule has 2 aromatic rings. The maximum Gasteiger partial charge on any atom is 0.139 e. The smallest absolute Gasteiger partial charge is 0.139 e. The number of nitrogens with two attached hydrogens (primary N) is 1. The van der Waals surface area contributed by atoms with Gasteiger partial charge in [0.05, 0.1) is 5.02 Å². The number of benzene rings is 2. The summed E-state index contributed by atoms with van der Waals surface area (Å²) in [5.41, 5.74) is 8.94. The van der Waals surface area contributed by atoms with Crippen LogP contribution in [0.15, 0.2) is 40.9 Å². The molecule has 1 aliphatic rings. The van der Waals surface area contributed by atoms with E-state index in [2.05, 4.69) is 41.1 Å². The summed E-state index contributed by atoms with van der Waals surface area (Å²) >= 11 is 9.71. The third-order valence-electron chi connectivity index (χ3n) is 3.68. The number of hydrogen-bond acceptors (Lipinski definition) is 2. The maximum absolute atomic E-state index is 6.20. The first kappa shape index (κ1) is 13.8. The molecule has 4 heteroatoms. The van der Waals surface area contributed by atoms with Crippen molar-refractivity contribution in [2.24, 2.45) is 5.92 Å². The summed E-state index contributed by atoms with van der Waals surface area (Å²) < 4.78 is 7.24. The average molecular weight is 353 g/mol. The Morgan fingerprint density at radius 1 is 1.25 bits per heavy atom. The zero-order valence-corrected chi connectivity index (χ0v) is 13.4. The van der Waals surface area contributed by atoms with Crippen molar-refractivity contribution in [3.63, 3.8) is 0 Å². The second kappa shape index (κ2) is 5.30. The number of anilines is 1. The van der Waals surface area contributed by atoms with E-state index in [1.54, 1.807) is 6.07 Å². The zero-order valence-electron chi connectivity index (χ0n) is 11.1. The van der Waals surface area contributed by atoms with E-state index < -0.39 is 0 Å². The van der Waals surface area contributed by atoms with Crippen molar-refractivity contribution in [1.29, 1.82) is 0 Å². The summed E-state index contributed by atoms with van der Waals surface area (Å²) in [6.07, 6.45) is 1.06. The third-order valence-corrected chi connectivity index (χ3v) is 4.47. The Morgan fingerprint density at radius 3 is 2.80 bits per heavy atom. The van der Waals surface area contributed by atoms with Crippen molar-refractivity contribution in [3.05, 3.63) is 57.0 Å². The minimum absolute atomic E-state index is 0.0409. The van der Waals surface area contributed by atoms with Crippen molar-refractivity contribution >= 4 is 33.2 Å². The fourth-order valence-electron chi connectivity index (χ4n) is 2.72. The van der Waals surface area contributed by atoms with Crippen LogP contribution in [0.1, 0.15) is 24.2 Å². The molecule has 0 radical (unpaired) electrons. The van der Waals surface area contributed by atoms with E-state index in [0.717, 1.165) is 10.9 Å². The number of hydrogen-bond donors (Lipinski definition) is 1. The predicted molar refractivity (Wildman–Crippen MR) is 86.2 cm³/mol. The summed E-state index contributed by atoms with van der Waals surface area (Å²) in [4.78, 5) is 0. The van der Waals surface area contributed by atoms with Gasteiger partial charge in [0.25, 0.3) is 0 Å². The number of rotatable bonds is 2. The van der Waals surface area contributed by atoms with Crippen molar-refractivity contribution < 1.29 is 4.74 Å². The maximum atomic E-state index is 6.20. The first-order valence-corrected chi connectivity index (χ1v) is 7.71. The van der Waals surface area contributed by atoms with Crippen molar-refractivity contribution in [3.8, 4) is 5.75 Å². The summed E-state index contributed by atoms with van der Waals surface area (Å²) in [5.74, 6) is 1.11. The van der Waals surface area contributed by atoms with Crippen LogP contribution in [-0.2, 0) is 6.42 Å². The molecule has 0 amide bonds. The Labute approximate surface area is 132 Å². The molecule has 0 fully saturated rings. The molecule has 0 aromatic heterocycles. The highest BCUT2D eigenvalue weighted by atomic mass is 79.9. The number of nitrogen functional groups attached to an aromatic ring is 1. The molecule has 20 heavy (non-hydrogen) atoms. The van der Waals surface area contributed by atoms with Crippen LogP contribution in [0.2, 0.25) is 5.02 Å². The molecule has 1 aliphatic carbocycles. The van der Waals surface area contributed by atoms with Crippen LogP contribution in [0.25, 0.3) is 0 Å². The summed E-state index contributed by atoms with van der Waals surface area (Å²) in [6.45, 7) is 2.20. The topological polar surface area (TPSA) is 35.2 Å². The molecule has 2 N–H and O–H groups in total. The van der Waals surface area contributed by atoms with E-state index in [4.69, 9.17) is 22.1 Å². The molecule has 0 saturated carbocycles. The Morgan fingerprint density at radius 2 is 2.05 bits per heavy atom. The minimum Gasteiger partial charge on any atom is -0.484 e. The SMILES string of the molecule is C[C@@H]1Cc2cc(Br)ccc2[C@H]1Oc1ccc(N)cc1Cl. The molecule has 104 valence electrons. The standard InChI is InChI=1S/C16H15BrClNO/c1-9-6-10-7-11(17)2-4-13(10)16(9)20-15-5-3-12(19)8-14(15)18/h2-5,7-9,16H,6,19H2,1H3/t9-,16+/m1/s1. The summed E-state index contributed by atoms with van der Waals surface area (Å²) in [5, 5.41) is 0.558. The van der Waals surface area contributed by atoms with E-state index >= 15 is 0 Å². The zero-order chi connectivity index (χ0) is 14.3. The quantitative estimate of drug-likeness (QED) is 0.772. The van der Waals surface area contributed by atoms with Crippen LogP contribution in [0.4, 0.5) is 5.69 Å². The van der Waals surface area contributed by atoms with Gasteiger partial charge in [-0.2, -0.15) is 0 Å². The van der Waals surface area contributed by atoms with Gasteiger partial charge in [-0.3, -0.25) is 0 Å². The van der Waals surface area contributed by atoms with Gasteiger partial charge in [0.15, 0.2) is 0 Å². The lowest BCUT2D eigenvalue weighted by molar-refractivity contribution is 0.159. The van der Waals surface area contributed by atoms with Gasteiger partial charge in [-0.05, 0) is 47.9 Å². The van der Waals surface area contributed by atoms with Gasteiger partial charge in [0.1, 0.15) is 11.9 Å². The fourth-order valence-corrected chi connectivity index (χ4v) is 3.36. The van der Waals surface area contributed by atoms with Gasteiger partial charge in [-0.25, -0.2) is 0 Å². The third kappa shape index (κ3) is 2.52. The Hall–Kier alpha value is -1.19. The lowest BCUT2D eigenvalue weighted by Gasteiger charge is -2.20. The van der Waals surface area contributed by atoms with Crippen LogP contribution >= 0.6 is 27.5 Å².